The molecule has 0 saturated heterocycles. The first-order valence-electron chi connectivity index (χ1n) is 5.44. The van der Waals surface area contributed by atoms with Gasteiger partial charge in [0.1, 0.15) is 0 Å². The zero-order valence-electron chi connectivity index (χ0n) is 8.50. The fraction of sp³-hybridized carbons (Fsp3) is 0.900. The van der Waals surface area contributed by atoms with Crippen LogP contribution in [-0.2, 0) is 4.74 Å². The van der Waals surface area contributed by atoms with Gasteiger partial charge in [-0.15, -0.1) is 0 Å². The molecule has 0 bridgehead atoms. The summed E-state index contributed by atoms with van der Waals surface area (Å²) in [6.45, 7) is 3.66. The molecule has 1 N–H and O–H groups in total. The summed E-state index contributed by atoms with van der Waals surface area (Å²) in [5.41, 5.74) is 0. The number of nitrogens with zero attached hydrogens (tertiary/aromatic N) is 1. The third-order valence-electron chi connectivity index (χ3n) is 2.37. The number of rotatable bonds is 5. The Bertz CT molecular complexity index is 204. The number of nitrogens with one attached hydrogen (secondary N) is 1. The van der Waals surface area contributed by atoms with E-state index in [4.69, 9.17) is 4.74 Å². The van der Waals surface area contributed by atoms with Crippen LogP contribution < -0.4 is 5.32 Å². The number of ether oxygens (including phenoxy) is 1. The molecule has 0 radical (unpaired) electrons. The van der Waals surface area contributed by atoms with Crippen LogP contribution in [0.1, 0.15) is 19.3 Å². The molecule has 80 valence electrons. The van der Waals surface area contributed by atoms with Crippen LogP contribution in [0.2, 0.25) is 0 Å². The summed E-state index contributed by atoms with van der Waals surface area (Å²) in [5.74, 6) is 2.07. The monoisotopic (exact) mass is 214 g/mol. The maximum absolute atomic E-state index is 5.52. The zero-order chi connectivity index (χ0) is 9.64. The molecule has 1 saturated carbocycles. The molecule has 4 heteroatoms. The minimum absolute atomic E-state index is 0.816. The lowest BCUT2D eigenvalue weighted by Crippen LogP contribution is -2.27. The van der Waals surface area contributed by atoms with Crippen molar-refractivity contribution in [1.82, 2.24) is 5.32 Å². The first-order valence-corrected chi connectivity index (χ1v) is 6.42. The molecule has 2 rings (SSSR count). The quantitative estimate of drug-likeness (QED) is 0.704. The summed E-state index contributed by atoms with van der Waals surface area (Å²) in [5, 5.41) is 4.41. The normalized spacial score (nSPS) is 21.9. The number of thioether (sulfide) groups is 1. The molecule has 1 fully saturated rings. The highest BCUT2D eigenvalue weighted by molar-refractivity contribution is 8.13. The van der Waals surface area contributed by atoms with Crippen molar-refractivity contribution in [3.05, 3.63) is 0 Å². The average Bonchev–Trinajstić information content (AvgIpc) is 3.03. The Morgan fingerprint density at radius 2 is 2.43 bits per heavy atom. The summed E-state index contributed by atoms with van der Waals surface area (Å²) in [4.78, 5) is 4.39. The summed E-state index contributed by atoms with van der Waals surface area (Å²) in [6.07, 6.45) is 3.96. The molecule has 1 aliphatic heterocycles. The molecule has 1 aliphatic carbocycles. The molecular formula is C10H18N2OS. The van der Waals surface area contributed by atoms with E-state index in [-0.39, 0.29) is 0 Å². The fourth-order valence-corrected chi connectivity index (χ4v) is 2.18. The Labute approximate surface area is 89.7 Å². The zero-order valence-corrected chi connectivity index (χ0v) is 9.31. The molecule has 1 heterocycles. The highest BCUT2D eigenvalue weighted by atomic mass is 32.2. The molecule has 14 heavy (non-hydrogen) atoms. The molecule has 0 aromatic rings. The molecule has 0 amide bonds. The molecule has 0 unspecified atom stereocenters. The lowest BCUT2D eigenvalue weighted by Gasteiger charge is -2.13. The van der Waals surface area contributed by atoms with E-state index in [9.17, 15) is 0 Å². The maximum atomic E-state index is 5.52. The van der Waals surface area contributed by atoms with Crippen LogP contribution in [-0.4, -0.2) is 37.2 Å². The number of hydrogen-bond donors (Lipinski definition) is 1. The second-order valence-corrected chi connectivity index (χ2v) is 4.92. The third-order valence-corrected chi connectivity index (χ3v) is 3.41. The predicted octanol–water partition coefficient (Wildman–Crippen LogP) is 1.50. The van der Waals surface area contributed by atoms with Crippen LogP contribution >= 0.6 is 11.8 Å². The van der Waals surface area contributed by atoms with E-state index >= 15 is 0 Å². The van der Waals surface area contributed by atoms with Gasteiger partial charge in [0, 0.05) is 25.4 Å². The van der Waals surface area contributed by atoms with Gasteiger partial charge in [0.15, 0.2) is 5.17 Å². The first kappa shape index (κ1) is 10.3. The highest BCUT2D eigenvalue weighted by Gasteiger charge is 2.20. The van der Waals surface area contributed by atoms with Crippen LogP contribution in [0.15, 0.2) is 4.99 Å². The number of hydrogen-bond acceptors (Lipinski definition) is 4. The maximum Gasteiger partial charge on any atom is 0.156 e. The van der Waals surface area contributed by atoms with Crippen molar-refractivity contribution in [2.24, 2.45) is 10.9 Å². The van der Waals surface area contributed by atoms with Crippen LogP contribution in [0.3, 0.4) is 0 Å². The molecule has 0 aromatic carbocycles. The van der Waals surface area contributed by atoms with Crippen LogP contribution in [0, 0.1) is 5.92 Å². The molecule has 0 atom stereocenters. The lowest BCUT2D eigenvalue weighted by molar-refractivity contribution is 0.129. The molecule has 0 aromatic heterocycles. The van der Waals surface area contributed by atoms with Gasteiger partial charge in [0.2, 0.25) is 0 Å². The Morgan fingerprint density at radius 1 is 1.50 bits per heavy atom. The summed E-state index contributed by atoms with van der Waals surface area (Å²) in [7, 11) is 0. The molecular weight excluding hydrogens is 196 g/mol. The first-order chi connectivity index (χ1) is 6.95. The Morgan fingerprint density at radius 3 is 3.14 bits per heavy atom. The summed E-state index contributed by atoms with van der Waals surface area (Å²) in [6, 6.07) is 0. The van der Waals surface area contributed by atoms with Gasteiger partial charge in [-0.05, 0) is 25.2 Å². The van der Waals surface area contributed by atoms with Crippen molar-refractivity contribution >= 4 is 16.9 Å². The summed E-state index contributed by atoms with van der Waals surface area (Å²) >= 11 is 1.82. The van der Waals surface area contributed by atoms with Crippen LogP contribution in [0.4, 0.5) is 0 Å². The van der Waals surface area contributed by atoms with Crippen molar-refractivity contribution in [2.75, 3.05) is 32.1 Å². The minimum atomic E-state index is 0.816. The van der Waals surface area contributed by atoms with Gasteiger partial charge in [-0.25, -0.2) is 0 Å². The van der Waals surface area contributed by atoms with Crippen molar-refractivity contribution in [3.8, 4) is 0 Å². The fourth-order valence-electron chi connectivity index (χ4n) is 1.33. The van der Waals surface area contributed by atoms with Gasteiger partial charge in [-0.2, -0.15) is 0 Å². The van der Waals surface area contributed by atoms with E-state index < -0.39 is 0 Å². The van der Waals surface area contributed by atoms with Crippen LogP contribution in [0.5, 0.6) is 0 Å². The van der Waals surface area contributed by atoms with E-state index in [2.05, 4.69) is 10.3 Å². The number of amidine groups is 1. The van der Waals surface area contributed by atoms with Gasteiger partial charge < -0.3 is 10.1 Å². The highest BCUT2D eigenvalue weighted by Crippen LogP contribution is 2.28. The van der Waals surface area contributed by atoms with E-state index in [1.165, 1.54) is 25.0 Å². The second-order valence-electron chi connectivity index (χ2n) is 3.83. The molecule has 2 aliphatic rings. The van der Waals surface area contributed by atoms with Crippen molar-refractivity contribution in [3.63, 3.8) is 0 Å². The van der Waals surface area contributed by atoms with Gasteiger partial charge in [-0.1, -0.05) is 11.8 Å². The van der Waals surface area contributed by atoms with E-state index in [0.29, 0.717) is 0 Å². The molecule has 3 nitrogen and oxygen atoms in total. The average molecular weight is 214 g/mol. The van der Waals surface area contributed by atoms with Crippen molar-refractivity contribution < 1.29 is 4.74 Å². The van der Waals surface area contributed by atoms with E-state index in [1.807, 2.05) is 11.8 Å². The predicted molar refractivity (Wildman–Crippen MR) is 60.9 cm³/mol. The van der Waals surface area contributed by atoms with Crippen molar-refractivity contribution in [1.29, 1.82) is 0 Å². The van der Waals surface area contributed by atoms with E-state index in [1.54, 1.807) is 0 Å². The Kier molecular flexibility index (Phi) is 4.13. The van der Waals surface area contributed by atoms with Crippen LogP contribution in [0.25, 0.3) is 0 Å². The smallest absolute Gasteiger partial charge is 0.156 e. The second kappa shape index (κ2) is 5.61. The Hall–Kier alpha value is -0.220. The standard InChI is InChI=1S/C10H18N2OS/c1-4-11-10(14-7-1)12-5-6-13-8-9-2-3-9/h9H,1-8H2,(H,11,12). The van der Waals surface area contributed by atoms with Gasteiger partial charge in [0.05, 0.1) is 6.61 Å². The van der Waals surface area contributed by atoms with E-state index in [0.717, 1.165) is 37.4 Å². The minimum Gasteiger partial charge on any atom is -0.379 e. The number of aliphatic imine (C=N–C) groups is 1. The van der Waals surface area contributed by atoms with Gasteiger partial charge >= 0.3 is 0 Å². The third kappa shape index (κ3) is 3.88. The lowest BCUT2D eigenvalue weighted by atomic mass is 10.5. The van der Waals surface area contributed by atoms with Gasteiger partial charge in [-0.3, -0.25) is 4.99 Å². The topological polar surface area (TPSA) is 33.6 Å². The summed E-state index contributed by atoms with van der Waals surface area (Å²) < 4.78 is 5.52. The Balaban J connectivity index is 1.46. The largest absolute Gasteiger partial charge is 0.379 e. The van der Waals surface area contributed by atoms with Crippen molar-refractivity contribution in [2.45, 2.75) is 19.3 Å². The molecule has 0 spiro atoms. The van der Waals surface area contributed by atoms with Gasteiger partial charge in [0.25, 0.3) is 0 Å². The SMILES string of the molecule is C1CN=C(NCCOCC2CC2)SC1.